The molecule has 1 aliphatic rings. The van der Waals surface area contributed by atoms with E-state index in [9.17, 15) is 17.4 Å². The maximum atomic E-state index is 12.4. The fourth-order valence-electron chi connectivity index (χ4n) is 1.94. The minimum Gasteiger partial charge on any atom is -0.398 e. The van der Waals surface area contributed by atoms with E-state index in [2.05, 4.69) is 0 Å². The third-order valence-electron chi connectivity index (χ3n) is 3.05. The topological polar surface area (TPSA) is 124 Å². The van der Waals surface area contributed by atoms with Gasteiger partial charge in [0.05, 0.1) is 5.69 Å². The van der Waals surface area contributed by atoms with Gasteiger partial charge in [-0.1, -0.05) is 0 Å². The highest BCUT2D eigenvalue weighted by molar-refractivity contribution is 7.89. The summed E-state index contributed by atoms with van der Waals surface area (Å²) < 4.78 is 37.4. The number of rotatable bonds is 3. The van der Waals surface area contributed by atoms with E-state index in [4.69, 9.17) is 11.5 Å². The van der Waals surface area contributed by atoms with Crippen LogP contribution in [0.15, 0.2) is 23.1 Å². The molecule has 1 heterocycles. The molecular formula is C11H15N3O4S2. The summed E-state index contributed by atoms with van der Waals surface area (Å²) in [5, 5.41) is 0. The van der Waals surface area contributed by atoms with Crippen LogP contribution in [0.1, 0.15) is 10.4 Å². The molecule has 110 valence electrons. The number of hydrogen-bond acceptors (Lipinski definition) is 5. The smallest absolute Gasteiger partial charge is 0.248 e. The van der Waals surface area contributed by atoms with Crippen molar-refractivity contribution in [2.75, 3.05) is 30.3 Å². The van der Waals surface area contributed by atoms with Gasteiger partial charge < -0.3 is 11.5 Å². The van der Waals surface area contributed by atoms with Crippen molar-refractivity contribution in [2.45, 2.75) is 4.90 Å². The fourth-order valence-corrected chi connectivity index (χ4v) is 4.76. The number of benzene rings is 1. The third kappa shape index (κ3) is 2.84. The van der Waals surface area contributed by atoms with Gasteiger partial charge in [-0.2, -0.15) is 4.31 Å². The number of primary amides is 1. The average molecular weight is 317 g/mol. The highest BCUT2D eigenvalue weighted by Crippen LogP contribution is 2.24. The summed E-state index contributed by atoms with van der Waals surface area (Å²) in [4.78, 5) is 11.0. The van der Waals surface area contributed by atoms with Gasteiger partial charge >= 0.3 is 0 Å². The highest BCUT2D eigenvalue weighted by Gasteiger charge is 2.29. The minimum absolute atomic E-state index is 0.0204. The van der Waals surface area contributed by atoms with Crippen LogP contribution in [0.25, 0.3) is 0 Å². The number of carbonyl (C=O) groups excluding carboxylic acids is 1. The van der Waals surface area contributed by atoms with Crippen LogP contribution >= 0.6 is 0 Å². The van der Waals surface area contributed by atoms with Gasteiger partial charge in [-0.25, -0.2) is 8.42 Å². The molecule has 20 heavy (non-hydrogen) atoms. The molecule has 0 aliphatic carbocycles. The Morgan fingerprint density at radius 2 is 1.85 bits per heavy atom. The standard InChI is InChI=1S/C11H15N3O4S2/c12-9-7-8(11(13)15)1-2-10(9)20(17,18)14-3-5-19(16)6-4-14/h1-2,7H,3-6,12H2,(H2,13,15). The van der Waals surface area contributed by atoms with Gasteiger partial charge in [0.25, 0.3) is 0 Å². The van der Waals surface area contributed by atoms with E-state index in [1.54, 1.807) is 0 Å². The number of nitrogen functional groups attached to an aromatic ring is 1. The summed E-state index contributed by atoms with van der Waals surface area (Å²) in [6.07, 6.45) is 0. The second kappa shape index (κ2) is 5.51. The Balaban J connectivity index is 2.35. The summed E-state index contributed by atoms with van der Waals surface area (Å²) in [7, 11) is -4.70. The van der Waals surface area contributed by atoms with Gasteiger partial charge in [0.2, 0.25) is 15.9 Å². The number of nitrogens with two attached hydrogens (primary N) is 2. The number of hydrogen-bond donors (Lipinski definition) is 2. The molecule has 0 atom stereocenters. The largest absolute Gasteiger partial charge is 0.398 e. The van der Waals surface area contributed by atoms with Crippen LogP contribution in [-0.4, -0.2) is 47.4 Å². The van der Waals surface area contributed by atoms with Gasteiger partial charge in [-0.05, 0) is 18.2 Å². The zero-order valence-electron chi connectivity index (χ0n) is 10.6. The van der Waals surface area contributed by atoms with Crippen LogP contribution in [0.4, 0.5) is 5.69 Å². The molecule has 1 aromatic rings. The first-order valence-electron chi connectivity index (χ1n) is 5.87. The molecule has 1 amide bonds. The van der Waals surface area contributed by atoms with Crippen molar-refractivity contribution < 1.29 is 17.4 Å². The first kappa shape index (κ1) is 14.9. The monoisotopic (exact) mass is 317 g/mol. The van der Waals surface area contributed by atoms with Gasteiger partial charge in [-0.3, -0.25) is 9.00 Å². The molecule has 0 radical (unpaired) electrons. The summed E-state index contributed by atoms with van der Waals surface area (Å²) >= 11 is 0. The Morgan fingerprint density at radius 3 is 2.35 bits per heavy atom. The SMILES string of the molecule is NC(=O)c1ccc(S(=O)(=O)N2CCS(=O)CC2)c(N)c1. The normalized spacial score (nSPS) is 18.0. The molecule has 1 aromatic carbocycles. The first-order valence-corrected chi connectivity index (χ1v) is 8.79. The maximum absolute atomic E-state index is 12.4. The molecular weight excluding hydrogens is 302 g/mol. The van der Waals surface area contributed by atoms with E-state index in [-0.39, 0.29) is 29.2 Å². The second-order valence-corrected chi connectivity index (χ2v) is 7.97. The zero-order chi connectivity index (χ0) is 14.9. The molecule has 7 nitrogen and oxygen atoms in total. The zero-order valence-corrected chi connectivity index (χ0v) is 12.2. The van der Waals surface area contributed by atoms with Crippen molar-refractivity contribution in [3.8, 4) is 0 Å². The van der Waals surface area contributed by atoms with Crippen molar-refractivity contribution in [3.63, 3.8) is 0 Å². The van der Waals surface area contributed by atoms with Gasteiger partial charge in [0.15, 0.2) is 0 Å². The van der Waals surface area contributed by atoms with Crippen LogP contribution in [0.5, 0.6) is 0 Å². The van der Waals surface area contributed by atoms with Crippen LogP contribution < -0.4 is 11.5 Å². The van der Waals surface area contributed by atoms with Crippen molar-refractivity contribution in [3.05, 3.63) is 23.8 Å². The van der Waals surface area contributed by atoms with Crippen molar-refractivity contribution >= 4 is 32.4 Å². The van der Waals surface area contributed by atoms with Crippen LogP contribution in [0, 0.1) is 0 Å². The lowest BCUT2D eigenvalue weighted by molar-refractivity contribution is 0.1000. The molecule has 0 aromatic heterocycles. The van der Waals surface area contributed by atoms with E-state index < -0.39 is 26.7 Å². The molecule has 0 unspecified atom stereocenters. The van der Waals surface area contributed by atoms with E-state index in [0.29, 0.717) is 11.5 Å². The van der Waals surface area contributed by atoms with E-state index in [1.807, 2.05) is 0 Å². The van der Waals surface area contributed by atoms with E-state index in [0.717, 1.165) is 0 Å². The molecule has 0 saturated carbocycles. The highest BCUT2D eigenvalue weighted by atomic mass is 32.2. The molecule has 1 saturated heterocycles. The Hall–Kier alpha value is -1.45. The summed E-state index contributed by atoms with van der Waals surface area (Å²) in [6.45, 7) is 0.401. The van der Waals surface area contributed by atoms with Crippen molar-refractivity contribution in [1.82, 2.24) is 4.31 Å². The molecule has 9 heteroatoms. The predicted octanol–water partition coefficient (Wildman–Crippen LogP) is -0.879. The number of amides is 1. The molecule has 1 fully saturated rings. The third-order valence-corrected chi connectivity index (χ3v) is 6.30. The quantitative estimate of drug-likeness (QED) is 0.701. The van der Waals surface area contributed by atoms with Gasteiger partial charge in [0.1, 0.15) is 4.90 Å². The Morgan fingerprint density at radius 1 is 1.25 bits per heavy atom. The lowest BCUT2D eigenvalue weighted by Gasteiger charge is -2.26. The summed E-state index contributed by atoms with van der Waals surface area (Å²) in [5.74, 6) is -0.0363. The maximum Gasteiger partial charge on any atom is 0.248 e. The summed E-state index contributed by atoms with van der Waals surface area (Å²) in [5.41, 5.74) is 11.0. The Kier molecular flexibility index (Phi) is 4.11. The second-order valence-electron chi connectivity index (χ2n) is 4.37. The van der Waals surface area contributed by atoms with Crippen molar-refractivity contribution in [2.24, 2.45) is 5.73 Å². The first-order chi connectivity index (χ1) is 9.32. The average Bonchev–Trinajstić information content (AvgIpc) is 2.38. The van der Waals surface area contributed by atoms with E-state index in [1.165, 1.54) is 22.5 Å². The number of sulfonamides is 1. The lowest BCUT2D eigenvalue weighted by Crippen LogP contribution is -2.41. The van der Waals surface area contributed by atoms with Gasteiger partial charge in [0, 0.05) is 41.0 Å². The Labute approximate surface area is 119 Å². The molecule has 4 N–H and O–H groups in total. The van der Waals surface area contributed by atoms with Crippen LogP contribution in [0.3, 0.4) is 0 Å². The minimum atomic E-state index is -3.74. The van der Waals surface area contributed by atoms with Crippen LogP contribution in [0.2, 0.25) is 0 Å². The fraction of sp³-hybridized carbons (Fsp3) is 0.364. The van der Waals surface area contributed by atoms with E-state index >= 15 is 0 Å². The molecule has 1 aliphatic heterocycles. The predicted molar refractivity (Wildman–Crippen MR) is 76.0 cm³/mol. The number of carbonyl (C=O) groups is 1. The summed E-state index contributed by atoms with van der Waals surface area (Å²) in [6, 6.07) is 3.85. The Bertz CT molecular complexity index is 662. The lowest BCUT2D eigenvalue weighted by atomic mass is 10.2. The number of anilines is 1. The number of nitrogens with zero attached hydrogens (tertiary/aromatic N) is 1. The van der Waals surface area contributed by atoms with Gasteiger partial charge in [-0.15, -0.1) is 0 Å². The molecule has 0 spiro atoms. The van der Waals surface area contributed by atoms with Crippen molar-refractivity contribution in [1.29, 1.82) is 0 Å². The molecule has 0 bridgehead atoms. The van der Waals surface area contributed by atoms with Crippen LogP contribution in [-0.2, 0) is 20.8 Å². The molecule has 2 rings (SSSR count).